The molecule has 0 heterocycles. The predicted octanol–water partition coefficient (Wildman–Crippen LogP) is -5.30. The Hall–Kier alpha value is 3.27. The van der Waals surface area contributed by atoms with Crippen LogP contribution in [0.25, 0.3) is 11.1 Å². The van der Waals surface area contributed by atoms with Gasteiger partial charge >= 0.3 is 162 Å². The van der Waals surface area contributed by atoms with Crippen LogP contribution in [0.4, 0.5) is 8.78 Å². The van der Waals surface area contributed by atoms with Crippen LogP contribution in [0, 0.1) is 11.6 Å². The molecule has 0 saturated heterocycles. The molecular weight excluding hydrogens is 507 g/mol. The van der Waals surface area contributed by atoms with Crippen LogP contribution < -0.4 is 154 Å². The van der Waals surface area contributed by atoms with Crippen LogP contribution in [0.15, 0.2) is 42.5 Å². The number of halogens is 2. The molecule has 0 aliphatic rings. The van der Waals surface area contributed by atoms with E-state index in [-0.39, 0.29) is 170 Å². The first-order valence-corrected chi connectivity index (χ1v) is 10.7. The third-order valence-electron chi connectivity index (χ3n) is 3.83. The molecule has 2 rings (SSSR count). The molecule has 1 atom stereocenters. The fourth-order valence-corrected chi connectivity index (χ4v) is 4.92. The van der Waals surface area contributed by atoms with Crippen LogP contribution in [0.2, 0.25) is 0 Å². The molecule has 148 valence electrons. The molecule has 1 unspecified atom stereocenters. The van der Waals surface area contributed by atoms with Crippen LogP contribution in [-0.2, 0) is 21.1 Å². The summed E-state index contributed by atoms with van der Waals surface area (Å²) in [5.74, 6) is -1.38. The SMILES string of the molecule is O=P(O)(O)C(CCCc1ccc(-c2ccc(F)cc2F)cc1)S(=O)(=O)O.[H-].[H-].[H-].[K+].[K+].[K+]. The molecule has 0 radical (unpaired) electrons. The van der Waals surface area contributed by atoms with Crippen molar-refractivity contribution in [2.24, 2.45) is 0 Å². The van der Waals surface area contributed by atoms with E-state index in [1.807, 2.05) is 0 Å². The molecule has 29 heavy (non-hydrogen) atoms. The van der Waals surface area contributed by atoms with Crippen molar-refractivity contribution in [1.29, 1.82) is 0 Å². The molecule has 0 saturated carbocycles. The van der Waals surface area contributed by atoms with Gasteiger partial charge in [-0.2, -0.15) is 8.42 Å². The number of hydrogen-bond donors (Lipinski definition) is 3. The predicted molar refractivity (Wildman–Crippen MR) is 95.4 cm³/mol. The summed E-state index contributed by atoms with van der Waals surface area (Å²) < 4.78 is 69.0. The normalized spacial score (nSPS) is 12.2. The first kappa shape index (κ1) is 34.4. The zero-order chi connectivity index (χ0) is 19.5. The summed E-state index contributed by atoms with van der Waals surface area (Å²) in [7, 11) is -9.85. The van der Waals surface area contributed by atoms with Crippen LogP contribution in [0.1, 0.15) is 22.7 Å². The Labute approximate surface area is 300 Å². The first-order chi connectivity index (χ1) is 12.0. The van der Waals surface area contributed by atoms with Gasteiger partial charge in [-0.15, -0.1) is 0 Å². The van der Waals surface area contributed by atoms with Crippen molar-refractivity contribution in [3.05, 3.63) is 59.7 Å². The summed E-state index contributed by atoms with van der Waals surface area (Å²) in [6.45, 7) is 0. The Morgan fingerprint density at radius 3 is 2.00 bits per heavy atom. The molecular formula is C16H20F2K3O6PS. The summed E-state index contributed by atoms with van der Waals surface area (Å²) in [5, 5.41) is 0. The quantitative estimate of drug-likeness (QED) is 0.189. The van der Waals surface area contributed by atoms with Crippen LogP contribution in [0.3, 0.4) is 0 Å². The van der Waals surface area contributed by atoms with Gasteiger partial charge in [0.05, 0.1) is 0 Å². The Kier molecular flexibility index (Phi) is 18.2. The van der Waals surface area contributed by atoms with Crippen molar-refractivity contribution in [1.82, 2.24) is 0 Å². The molecule has 3 N–H and O–H groups in total. The van der Waals surface area contributed by atoms with E-state index in [1.165, 1.54) is 6.07 Å². The minimum atomic E-state index is -4.99. The van der Waals surface area contributed by atoms with E-state index in [9.17, 15) is 21.8 Å². The van der Waals surface area contributed by atoms with Gasteiger partial charge in [-0.1, -0.05) is 24.3 Å². The third-order valence-corrected chi connectivity index (χ3v) is 7.39. The van der Waals surface area contributed by atoms with Crippen molar-refractivity contribution in [2.45, 2.75) is 24.3 Å². The Morgan fingerprint density at radius 1 is 1.00 bits per heavy atom. The minimum Gasteiger partial charge on any atom is -1.00 e. The first-order valence-electron chi connectivity index (χ1n) is 7.54. The average Bonchev–Trinajstić information content (AvgIpc) is 2.50. The fraction of sp³-hybridized carbons (Fsp3) is 0.250. The maximum absolute atomic E-state index is 13.8. The number of benzene rings is 2. The Morgan fingerprint density at radius 2 is 1.55 bits per heavy atom. The monoisotopic (exact) mass is 526 g/mol. The Balaban J connectivity index is -0.000000405. The molecule has 6 nitrogen and oxygen atoms in total. The minimum absolute atomic E-state index is 0. The van der Waals surface area contributed by atoms with Gasteiger partial charge in [0, 0.05) is 11.6 Å². The molecule has 2 aromatic carbocycles. The van der Waals surface area contributed by atoms with E-state index < -0.39 is 40.8 Å². The van der Waals surface area contributed by atoms with Crippen molar-refractivity contribution in [3.8, 4) is 11.1 Å². The second-order valence-corrected chi connectivity index (χ2v) is 9.52. The van der Waals surface area contributed by atoms with E-state index >= 15 is 0 Å². The van der Waals surface area contributed by atoms with E-state index in [4.69, 9.17) is 14.3 Å². The van der Waals surface area contributed by atoms with Crippen LogP contribution >= 0.6 is 7.60 Å². The van der Waals surface area contributed by atoms with Gasteiger partial charge in [-0.05, 0) is 42.5 Å². The molecule has 0 spiro atoms. The van der Waals surface area contributed by atoms with Gasteiger partial charge in [0.15, 0.2) is 4.99 Å². The van der Waals surface area contributed by atoms with Crippen molar-refractivity contribution >= 4 is 17.7 Å². The van der Waals surface area contributed by atoms with Crippen molar-refractivity contribution < 1.29 is 195 Å². The zero-order valence-corrected chi connectivity index (χ0v) is 27.5. The van der Waals surface area contributed by atoms with Gasteiger partial charge in [0.2, 0.25) is 0 Å². The molecule has 2 aromatic rings. The second kappa shape index (κ2) is 15.3. The van der Waals surface area contributed by atoms with Crippen LogP contribution in [0.5, 0.6) is 0 Å². The van der Waals surface area contributed by atoms with Gasteiger partial charge in [0.1, 0.15) is 11.6 Å². The molecule has 13 heteroatoms. The van der Waals surface area contributed by atoms with E-state index in [2.05, 4.69) is 0 Å². The summed E-state index contributed by atoms with van der Waals surface area (Å²) in [5.41, 5.74) is 1.49. The summed E-state index contributed by atoms with van der Waals surface area (Å²) in [6.07, 6.45) is 0.00940. The van der Waals surface area contributed by atoms with E-state index in [0.717, 1.165) is 17.7 Å². The smallest absolute Gasteiger partial charge is 1.00 e. The molecule has 0 fully saturated rings. The number of hydrogen-bond acceptors (Lipinski definition) is 3. The number of rotatable bonds is 7. The van der Waals surface area contributed by atoms with Gasteiger partial charge in [-0.3, -0.25) is 9.12 Å². The maximum Gasteiger partial charge on any atom is 1.00 e. The van der Waals surface area contributed by atoms with Crippen molar-refractivity contribution in [2.75, 3.05) is 0 Å². The topological polar surface area (TPSA) is 112 Å². The molecule has 0 aliphatic heterocycles. The van der Waals surface area contributed by atoms with E-state index in [1.54, 1.807) is 24.3 Å². The van der Waals surface area contributed by atoms with Gasteiger partial charge in [0.25, 0.3) is 10.1 Å². The van der Waals surface area contributed by atoms with Crippen LogP contribution in [-0.4, -0.2) is 27.7 Å². The largest absolute Gasteiger partial charge is 1.00 e. The number of aryl methyl sites for hydroxylation is 1. The molecule has 0 aliphatic carbocycles. The molecule has 0 amide bonds. The average molecular weight is 527 g/mol. The third kappa shape index (κ3) is 11.5. The Bertz CT molecular complexity index is 953. The van der Waals surface area contributed by atoms with Gasteiger partial charge in [-0.25, -0.2) is 8.78 Å². The standard InChI is InChI=1S/C16H17F2O6PS.3K.3H/c17-13-8-9-14(15(18)10-13)12-6-4-11(5-7-12)2-1-3-16(25(19,20)21)26(22,23)24;;;;;;/h4-10,16H,1-3H2,(H2,19,20,21)(H,22,23,24);;;;;;/q;3*+1;3*-1. The van der Waals surface area contributed by atoms with Crippen molar-refractivity contribution in [3.63, 3.8) is 0 Å². The summed E-state index contributed by atoms with van der Waals surface area (Å²) in [4.78, 5) is 15.9. The maximum atomic E-state index is 13.8. The fourth-order valence-electron chi connectivity index (χ4n) is 2.55. The molecule has 0 aromatic heterocycles. The summed E-state index contributed by atoms with van der Waals surface area (Å²) in [6, 6.07) is 9.75. The zero-order valence-electron chi connectivity index (χ0n) is 19.4. The molecule has 0 bridgehead atoms. The van der Waals surface area contributed by atoms with E-state index in [0.29, 0.717) is 12.0 Å². The summed E-state index contributed by atoms with van der Waals surface area (Å²) >= 11 is 0. The van der Waals surface area contributed by atoms with Gasteiger partial charge < -0.3 is 14.1 Å². The second-order valence-electron chi connectivity index (χ2n) is 5.77.